The highest BCUT2D eigenvalue weighted by Gasteiger charge is 2.34. The molecule has 5 nitrogen and oxygen atoms in total. The minimum absolute atomic E-state index is 0.0704. The van der Waals surface area contributed by atoms with E-state index in [2.05, 4.69) is 0 Å². The maximum absolute atomic E-state index is 12.8. The maximum Gasteiger partial charge on any atom is 0.201 e. The van der Waals surface area contributed by atoms with Crippen LogP contribution in [0.3, 0.4) is 0 Å². The van der Waals surface area contributed by atoms with E-state index in [9.17, 15) is 19.8 Å². The number of nitrogens with zero attached hydrogens (tertiary/aromatic N) is 1. The largest absolute Gasteiger partial charge is 0.507 e. The first kappa shape index (κ1) is 18.7. The summed E-state index contributed by atoms with van der Waals surface area (Å²) in [6.45, 7) is 1.65. The third-order valence-corrected chi connectivity index (χ3v) is 4.71. The Labute approximate surface area is 160 Å². The molecule has 1 aliphatic carbocycles. The molecule has 3 rings (SSSR count). The molecule has 0 spiro atoms. The molecule has 0 aromatic heterocycles. The molecule has 2 aromatic carbocycles. The van der Waals surface area contributed by atoms with Gasteiger partial charge < -0.3 is 10.2 Å². The van der Waals surface area contributed by atoms with Gasteiger partial charge in [-0.1, -0.05) is 12.1 Å². The van der Waals surface area contributed by atoms with Crippen LogP contribution in [-0.4, -0.2) is 51.5 Å². The number of carbonyl (C=O) groups excluding carboxylic acids is 2. The molecule has 0 saturated carbocycles. The summed E-state index contributed by atoms with van der Waals surface area (Å²) in [6.07, 6.45) is 0. The Hall–Kier alpha value is -2.08. The van der Waals surface area contributed by atoms with Gasteiger partial charge in [-0.2, -0.15) is 0 Å². The number of carbonyl (C=O) groups is 2. The van der Waals surface area contributed by atoms with Crippen LogP contribution in [0, 0.1) is 0 Å². The predicted molar refractivity (Wildman–Crippen MR) is 99.8 cm³/mol. The van der Waals surface area contributed by atoms with Gasteiger partial charge in [-0.05, 0) is 23.8 Å². The van der Waals surface area contributed by atoms with Crippen molar-refractivity contribution in [3.8, 4) is 11.5 Å². The molecule has 0 saturated heterocycles. The van der Waals surface area contributed by atoms with Gasteiger partial charge in [-0.3, -0.25) is 14.5 Å². The van der Waals surface area contributed by atoms with Crippen molar-refractivity contribution in [2.45, 2.75) is 6.54 Å². The van der Waals surface area contributed by atoms with E-state index in [-0.39, 0.29) is 33.8 Å². The normalized spacial score (nSPS) is 13.0. The topological polar surface area (TPSA) is 77.8 Å². The molecule has 0 unspecified atom stereocenters. The number of hydrogen-bond acceptors (Lipinski definition) is 5. The van der Waals surface area contributed by atoms with Crippen LogP contribution in [-0.2, 0) is 6.54 Å². The number of halogens is 2. The van der Waals surface area contributed by atoms with E-state index < -0.39 is 11.6 Å². The molecule has 0 aliphatic heterocycles. The molecule has 2 N–H and O–H groups in total. The number of hydrogen-bond donors (Lipinski definition) is 2. The molecule has 2 aromatic rings. The van der Waals surface area contributed by atoms with E-state index in [0.29, 0.717) is 37.0 Å². The van der Waals surface area contributed by atoms with Crippen LogP contribution in [0.15, 0.2) is 30.3 Å². The fraction of sp³-hybridized carbons (Fsp3) is 0.263. The second kappa shape index (κ2) is 7.66. The molecule has 1 aliphatic rings. The summed E-state index contributed by atoms with van der Waals surface area (Å²) in [6, 6.07) is 7.42. The molecule has 136 valence electrons. The average Bonchev–Trinajstić information content (AvgIpc) is 2.59. The van der Waals surface area contributed by atoms with Crippen molar-refractivity contribution >= 4 is 34.8 Å². The first-order chi connectivity index (χ1) is 12.5. The lowest BCUT2D eigenvalue weighted by Gasteiger charge is -2.23. The average molecular weight is 394 g/mol. The minimum Gasteiger partial charge on any atom is -0.507 e. The van der Waals surface area contributed by atoms with Crippen molar-refractivity contribution in [2.24, 2.45) is 0 Å². The van der Waals surface area contributed by atoms with E-state index in [1.807, 2.05) is 4.90 Å². The number of fused-ring (bicyclic) bond motifs is 2. The van der Waals surface area contributed by atoms with Crippen LogP contribution >= 0.6 is 23.2 Å². The van der Waals surface area contributed by atoms with Gasteiger partial charge in [0.05, 0.1) is 11.1 Å². The molecular weight excluding hydrogens is 377 g/mol. The van der Waals surface area contributed by atoms with E-state index in [0.717, 1.165) is 0 Å². The summed E-state index contributed by atoms with van der Waals surface area (Å²) in [5.41, 5.74) is 0.811. The molecule has 0 atom stereocenters. The Kier molecular flexibility index (Phi) is 5.51. The van der Waals surface area contributed by atoms with Crippen molar-refractivity contribution in [2.75, 3.05) is 24.8 Å². The van der Waals surface area contributed by atoms with Gasteiger partial charge in [0.25, 0.3) is 0 Å². The Balaban J connectivity index is 2.04. The standard InChI is InChI=1S/C19H17Cl2NO4/c20-4-6-22(7-5-21)10-11-8-13-17(15(24)9-11)19(26)16-12(18(13)25)2-1-3-14(16)23/h1-3,8-9,23-24H,4-7,10H2. The number of rotatable bonds is 6. The van der Waals surface area contributed by atoms with Crippen molar-refractivity contribution in [1.82, 2.24) is 4.90 Å². The van der Waals surface area contributed by atoms with Crippen LogP contribution in [0.2, 0.25) is 0 Å². The second-order valence-electron chi connectivity index (χ2n) is 6.05. The number of alkyl halides is 2. The van der Waals surface area contributed by atoms with E-state index in [4.69, 9.17) is 23.2 Å². The molecule has 0 amide bonds. The smallest absolute Gasteiger partial charge is 0.201 e. The van der Waals surface area contributed by atoms with Crippen molar-refractivity contribution in [3.05, 3.63) is 58.1 Å². The SMILES string of the molecule is O=C1c2cccc(O)c2C(=O)c2c(O)cc(CN(CCCl)CCCl)cc21. The Morgan fingerprint density at radius 2 is 1.50 bits per heavy atom. The summed E-state index contributed by atoms with van der Waals surface area (Å²) < 4.78 is 0. The van der Waals surface area contributed by atoms with Gasteiger partial charge >= 0.3 is 0 Å². The molecule has 0 heterocycles. The third kappa shape index (κ3) is 3.30. The van der Waals surface area contributed by atoms with Crippen molar-refractivity contribution in [1.29, 1.82) is 0 Å². The maximum atomic E-state index is 12.8. The molecule has 26 heavy (non-hydrogen) atoms. The summed E-state index contributed by atoms with van der Waals surface area (Å²) in [7, 11) is 0. The molecule has 0 radical (unpaired) electrons. The number of aromatic hydroxyl groups is 2. The van der Waals surface area contributed by atoms with Crippen LogP contribution in [0.25, 0.3) is 0 Å². The first-order valence-corrected chi connectivity index (χ1v) is 9.16. The van der Waals surface area contributed by atoms with Gasteiger partial charge in [0, 0.05) is 42.5 Å². The zero-order valence-electron chi connectivity index (χ0n) is 13.8. The monoisotopic (exact) mass is 393 g/mol. The van der Waals surface area contributed by atoms with Gasteiger partial charge in [-0.25, -0.2) is 0 Å². The number of phenols is 2. The predicted octanol–water partition coefficient (Wildman–Crippen LogP) is 3.15. The van der Waals surface area contributed by atoms with Crippen molar-refractivity contribution < 1.29 is 19.8 Å². The highest BCUT2D eigenvalue weighted by Crippen LogP contribution is 2.37. The van der Waals surface area contributed by atoms with Crippen LogP contribution < -0.4 is 0 Å². The highest BCUT2D eigenvalue weighted by molar-refractivity contribution is 6.30. The molecule has 0 fully saturated rings. The zero-order chi connectivity index (χ0) is 18.8. The van der Waals surface area contributed by atoms with Gasteiger partial charge in [0.1, 0.15) is 11.5 Å². The number of benzene rings is 2. The quantitative estimate of drug-likeness (QED) is 0.628. The lowest BCUT2D eigenvalue weighted by atomic mass is 9.82. The number of phenolic OH excluding ortho intramolecular Hbond substituents is 2. The molecule has 0 bridgehead atoms. The Bertz CT molecular complexity index is 876. The van der Waals surface area contributed by atoms with E-state index >= 15 is 0 Å². The van der Waals surface area contributed by atoms with Crippen LogP contribution in [0.4, 0.5) is 0 Å². The second-order valence-corrected chi connectivity index (χ2v) is 6.81. The van der Waals surface area contributed by atoms with Gasteiger partial charge in [-0.15, -0.1) is 23.2 Å². The third-order valence-electron chi connectivity index (χ3n) is 4.37. The highest BCUT2D eigenvalue weighted by atomic mass is 35.5. The zero-order valence-corrected chi connectivity index (χ0v) is 15.3. The lowest BCUT2D eigenvalue weighted by molar-refractivity contribution is 0.0974. The first-order valence-electron chi connectivity index (χ1n) is 8.09. The fourth-order valence-corrected chi connectivity index (χ4v) is 3.68. The van der Waals surface area contributed by atoms with Crippen LogP contribution in [0.1, 0.15) is 37.4 Å². The van der Waals surface area contributed by atoms with Crippen LogP contribution in [0.5, 0.6) is 11.5 Å². The summed E-state index contributed by atoms with van der Waals surface area (Å²) in [4.78, 5) is 27.5. The molecular formula is C19H17Cl2NO4. The van der Waals surface area contributed by atoms with E-state index in [1.54, 1.807) is 6.07 Å². The summed E-state index contributed by atoms with van der Waals surface area (Å²) in [5, 5.41) is 20.4. The van der Waals surface area contributed by atoms with E-state index in [1.165, 1.54) is 24.3 Å². The Morgan fingerprint density at radius 3 is 2.15 bits per heavy atom. The number of ketones is 2. The van der Waals surface area contributed by atoms with Gasteiger partial charge in [0.15, 0.2) is 5.78 Å². The fourth-order valence-electron chi connectivity index (χ4n) is 3.20. The minimum atomic E-state index is -0.560. The lowest BCUT2D eigenvalue weighted by Crippen LogP contribution is -2.28. The summed E-state index contributed by atoms with van der Waals surface area (Å²) >= 11 is 11.6. The molecule has 7 heteroatoms. The van der Waals surface area contributed by atoms with Crippen molar-refractivity contribution in [3.63, 3.8) is 0 Å². The van der Waals surface area contributed by atoms with Gasteiger partial charge in [0.2, 0.25) is 5.78 Å². The summed E-state index contributed by atoms with van der Waals surface area (Å²) in [5.74, 6) is -0.652. The Morgan fingerprint density at radius 1 is 0.846 bits per heavy atom.